The minimum atomic E-state index is -3.45. The van der Waals surface area contributed by atoms with Gasteiger partial charge in [0.05, 0.1) is 4.90 Å². The van der Waals surface area contributed by atoms with Crippen LogP contribution >= 0.6 is 23.4 Å². The molecule has 1 aliphatic rings. The smallest absolute Gasteiger partial charge is 0.240 e. The molecule has 0 spiro atoms. The zero-order valence-corrected chi connectivity index (χ0v) is 15.7. The van der Waals surface area contributed by atoms with Gasteiger partial charge in [0, 0.05) is 23.8 Å². The van der Waals surface area contributed by atoms with E-state index >= 15 is 0 Å². The van der Waals surface area contributed by atoms with Crippen LogP contribution in [-0.4, -0.2) is 26.4 Å². The predicted octanol–water partition coefficient (Wildman–Crippen LogP) is 4.06. The molecule has 1 radical (unpaired) electrons. The van der Waals surface area contributed by atoms with Crippen LogP contribution in [0, 0.1) is 11.8 Å². The highest BCUT2D eigenvalue weighted by molar-refractivity contribution is 8.04. The number of sulfonamides is 1. The van der Waals surface area contributed by atoms with Crippen LogP contribution in [0.1, 0.15) is 26.7 Å². The lowest BCUT2D eigenvalue weighted by Crippen LogP contribution is -2.26. The number of benzene rings is 1. The van der Waals surface area contributed by atoms with E-state index in [0.717, 1.165) is 19.4 Å². The predicted molar refractivity (Wildman–Crippen MR) is 97.4 cm³/mol. The highest BCUT2D eigenvalue weighted by atomic mass is 35.5. The summed E-state index contributed by atoms with van der Waals surface area (Å²) in [6.07, 6.45) is 1.73. The SMILES string of the molecule is CC(C)C1=CS[CH]N1CCCCNS(=O)(=O)c1ccc(Cl)cc1. The second-order valence-corrected chi connectivity index (χ2v) is 8.61. The molecule has 0 saturated carbocycles. The minimum Gasteiger partial charge on any atom is -0.359 e. The van der Waals surface area contributed by atoms with E-state index in [1.807, 2.05) is 0 Å². The van der Waals surface area contributed by atoms with E-state index in [4.69, 9.17) is 11.6 Å². The fourth-order valence-electron chi connectivity index (χ4n) is 2.26. The van der Waals surface area contributed by atoms with Crippen LogP contribution in [-0.2, 0) is 10.0 Å². The number of rotatable bonds is 8. The number of halogens is 1. The van der Waals surface area contributed by atoms with Gasteiger partial charge in [-0.2, -0.15) is 0 Å². The molecule has 0 fully saturated rings. The van der Waals surface area contributed by atoms with Crippen LogP contribution in [0.5, 0.6) is 0 Å². The monoisotopic (exact) mass is 373 g/mol. The first-order valence-corrected chi connectivity index (χ1v) is 10.4. The summed E-state index contributed by atoms with van der Waals surface area (Å²) in [6, 6.07) is 6.19. The van der Waals surface area contributed by atoms with E-state index in [0.29, 0.717) is 17.5 Å². The van der Waals surface area contributed by atoms with Gasteiger partial charge in [0.2, 0.25) is 10.0 Å². The van der Waals surface area contributed by atoms with Crippen molar-refractivity contribution >= 4 is 33.4 Å². The third-order valence-corrected chi connectivity index (χ3v) is 6.02. The summed E-state index contributed by atoms with van der Waals surface area (Å²) in [5.41, 5.74) is 1.33. The van der Waals surface area contributed by atoms with Gasteiger partial charge in [-0.15, -0.1) is 11.8 Å². The number of nitrogens with zero attached hydrogens (tertiary/aromatic N) is 1. The second kappa shape index (κ2) is 8.42. The molecule has 0 bridgehead atoms. The van der Waals surface area contributed by atoms with Crippen molar-refractivity contribution in [3.8, 4) is 0 Å². The van der Waals surface area contributed by atoms with Gasteiger partial charge in [0.1, 0.15) is 5.88 Å². The summed E-state index contributed by atoms with van der Waals surface area (Å²) >= 11 is 7.48. The molecule has 2 rings (SSSR count). The van der Waals surface area contributed by atoms with Crippen molar-refractivity contribution in [1.29, 1.82) is 0 Å². The van der Waals surface area contributed by atoms with Crippen molar-refractivity contribution in [1.82, 2.24) is 9.62 Å². The molecule has 1 aromatic rings. The molecule has 0 aliphatic carbocycles. The van der Waals surface area contributed by atoms with Gasteiger partial charge >= 0.3 is 0 Å². The first kappa shape index (κ1) is 18.6. The maximum absolute atomic E-state index is 12.1. The van der Waals surface area contributed by atoms with Gasteiger partial charge in [-0.3, -0.25) is 0 Å². The topological polar surface area (TPSA) is 49.4 Å². The Kier molecular flexibility index (Phi) is 6.83. The lowest BCUT2D eigenvalue weighted by molar-refractivity contribution is 0.394. The largest absolute Gasteiger partial charge is 0.359 e. The van der Waals surface area contributed by atoms with Crippen LogP contribution in [0.15, 0.2) is 40.3 Å². The first-order valence-electron chi connectivity index (χ1n) is 7.61. The summed E-state index contributed by atoms with van der Waals surface area (Å²) in [4.78, 5) is 2.50. The van der Waals surface area contributed by atoms with Crippen molar-refractivity contribution < 1.29 is 8.42 Å². The van der Waals surface area contributed by atoms with E-state index < -0.39 is 10.0 Å². The van der Waals surface area contributed by atoms with Crippen LogP contribution < -0.4 is 4.72 Å². The van der Waals surface area contributed by atoms with E-state index in [-0.39, 0.29) is 4.90 Å². The van der Waals surface area contributed by atoms with E-state index in [2.05, 4.69) is 34.8 Å². The van der Waals surface area contributed by atoms with Gasteiger partial charge in [-0.1, -0.05) is 25.4 Å². The van der Waals surface area contributed by atoms with Gasteiger partial charge in [-0.05, 0) is 48.4 Å². The average Bonchev–Trinajstić information content (AvgIpc) is 2.96. The Morgan fingerprint density at radius 1 is 1.22 bits per heavy atom. The third kappa shape index (κ3) is 5.41. The Morgan fingerprint density at radius 3 is 2.57 bits per heavy atom. The lowest BCUT2D eigenvalue weighted by atomic mass is 10.1. The molecular weight excluding hydrogens is 352 g/mol. The summed E-state index contributed by atoms with van der Waals surface area (Å²) < 4.78 is 26.9. The highest BCUT2D eigenvalue weighted by Gasteiger charge is 2.18. The number of nitrogens with one attached hydrogen (secondary N) is 1. The van der Waals surface area contributed by atoms with Gasteiger partial charge in [0.15, 0.2) is 0 Å². The lowest BCUT2D eigenvalue weighted by Gasteiger charge is -2.23. The van der Waals surface area contributed by atoms with Crippen LogP contribution in [0.4, 0.5) is 0 Å². The number of unbranched alkanes of at least 4 members (excludes halogenated alkanes) is 1. The molecule has 0 saturated heterocycles. The normalized spacial score (nSPS) is 15.3. The summed E-state index contributed by atoms with van der Waals surface area (Å²) in [5.74, 6) is 2.62. The first-order chi connectivity index (χ1) is 10.9. The zero-order valence-electron chi connectivity index (χ0n) is 13.3. The van der Waals surface area contributed by atoms with E-state index in [9.17, 15) is 8.42 Å². The molecule has 1 heterocycles. The van der Waals surface area contributed by atoms with Crippen LogP contribution in [0.2, 0.25) is 5.02 Å². The van der Waals surface area contributed by atoms with E-state index in [1.165, 1.54) is 17.8 Å². The molecular formula is C16H22ClN2O2S2. The van der Waals surface area contributed by atoms with Crippen molar-refractivity contribution in [2.45, 2.75) is 31.6 Å². The molecule has 0 aromatic heterocycles. The molecule has 23 heavy (non-hydrogen) atoms. The number of hydrogen-bond donors (Lipinski definition) is 1. The molecule has 1 aliphatic heterocycles. The standard InChI is InChI=1S/C16H22ClN2O2S2/c1-13(2)16-11-22-12-19(16)10-4-3-9-18-23(20,21)15-7-5-14(17)6-8-15/h5-8,11-13,18H,3-4,9-10H2,1-2H3. The Balaban J connectivity index is 1.73. The Bertz CT molecular complexity index is 643. The number of hydrogen-bond acceptors (Lipinski definition) is 4. The quantitative estimate of drug-likeness (QED) is 0.698. The fraction of sp³-hybridized carbons (Fsp3) is 0.438. The summed E-state index contributed by atoms with van der Waals surface area (Å²) in [5, 5.41) is 2.70. The molecule has 4 nitrogen and oxygen atoms in total. The van der Waals surface area contributed by atoms with Gasteiger partial charge < -0.3 is 4.90 Å². The summed E-state index contributed by atoms with van der Waals surface area (Å²) in [7, 11) is -3.45. The fourth-order valence-corrected chi connectivity index (χ4v) is 4.44. The number of thioether (sulfide) groups is 1. The third-order valence-electron chi connectivity index (χ3n) is 3.54. The Labute approximate surface area is 148 Å². The molecule has 1 aromatic carbocycles. The number of allylic oxidation sites excluding steroid dienone is 1. The second-order valence-electron chi connectivity index (χ2n) is 5.69. The summed E-state index contributed by atoms with van der Waals surface area (Å²) in [6.45, 7) is 5.71. The maximum Gasteiger partial charge on any atom is 0.240 e. The molecule has 0 atom stereocenters. The van der Waals surface area contributed by atoms with Crippen LogP contribution in [0.25, 0.3) is 0 Å². The highest BCUT2D eigenvalue weighted by Crippen LogP contribution is 2.31. The molecule has 7 heteroatoms. The molecule has 127 valence electrons. The van der Waals surface area contributed by atoms with Crippen molar-refractivity contribution in [3.05, 3.63) is 46.3 Å². The average molecular weight is 374 g/mol. The van der Waals surface area contributed by atoms with Gasteiger partial charge in [0.25, 0.3) is 0 Å². The Morgan fingerprint density at radius 2 is 1.91 bits per heavy atom. The van der Waals surface area contributed by atoms with Crippen LogP contribution in [0.3, 0.4) is 0 Å². The van der Waals surface area contributed by atoms with Gasteiger partial charge in [-0.25, -0.2) is 13.1 Å². The molecule has 0 amide bonds. The van der Waals surface area contributed by atoms with Crippen molar-refractivity contribution in [2.75, 3.05) is 13.1 Å². The minimum absolute atomic E-state index is 0.246. The zero-order chi connectivity index (χ0) is 16.9. The van der Waals surface area contributed by atoms with Crippen molar-refractivity contribution in [2.24, 2.45) is 5.92 Å². The maximum atomic E-state index is 12.1. The molecule has 1 N–H and O–H groups in total. The Hall–Kier alpha value is -0.690. The molecule has 0 unspecified atom stereocenters. The van der Waals surface area contributed by atoms with E-state index in [1.54, 1.807) is 23.9 Å². The van der Waals surface area contributed by atoms with Crippen molar-refractivity contribution in [3.63, 3.8) is 0 Å².